The Kier molecular flexibility index (Phi) is 4.00. The van der Waals surface area contributed by atoms with Gasteiger partial charge in [-0.3, -0.25) is 4.57 Å². The van der Waals surface area contributed by atoms with Gasteiger partial charge >= 0.3 is 0 Å². The molecule has 2 nitrogen and oxygen atoms in total. The van der Waals surface area contributed by atoms with Crippen LogP contribution in [0.4, 0.5) is 0 Å². The molecule has 0 fully saturated rings. The summed E-state index contributed by atoms with van der Waals surface area (Å²) >= 11 is 16.2. The molecule has 21 heavy (non-hydrogen) atoms. The van der Waals surface area contributed by atoms with Gasteiger partial charge in [-0.1, -0.05) is 33.6 Å². The molecule has 0 saturated heterocycles. The maximum Gasteiger partial charge on any atom is 0.132 e. The lowest BCUT2D eigenvalue weighted by Crippen LogP contribution is -2.04. The highest BCUT2D eigenvalue weighted by Crippen LogP contribution is 2.33. The van der Waals surface area contributed by atoms with E-state index in [-0.39, 0.29) is 5.38 Å². The minimum atomic E-state index is -0.212. The largest absolute Gasteiger partial charge is 0.293 e. The summed E-state index contributed by atoms with van der Waals surface area (Å²) in [6.45, 7) is 3.98. The third-order valence-electron chi connectivity index (χ3n) is 3.41. The third kappa shape index (κ3) is 2.59. The van der Waals surface area contributed by atoms with Crippen LogP contribution in [0.2, 0.25) is 5.02 Å². The highest BCUT2D eigenvalue weighted by molar-refractivity contribution is 9.10. The zero-order chi connectivity index (χ0) is 15.1. The van der Waals surface area contributed by atoms with Gasteiger partial charge in [0.1, 0.15) is 5.82 Å². The lowest BCUT2D eigenvalue weighted by Gasteiger charge is -2.14. The zero-order valence-corrected chi connectivity index (χ0v) is 14.7. The summed E-state index contributed by atoms with van der Waals surface area (Å²) in [7, 11) is 0. The lowest BCUT2D eigenvalue weighted by molar-refractivity contribution is 0.878. The first-order chi connectivity index (χ1) is 9.99. The normalized spacial score (nSPS) is 12.8. The monoisotopic (exact) mass is 382 g/mol. The number of benzene rings is 2. The van der Waals surface area contributed by atoms with Crippen molar-refractivity contribution in [3.8, 4) is 5.69 Å². The van der Waals surface area contributed by atoms with E-state index in [1.807, 2.05) is 37.3 Å². The Balaban J connectivity index is 2.41. The summed E-state index contributed by atoms with van der Waals surface area (Å²) in [6.07, 6.45) is 0. The van der Waals surface area contributed by atoms with E-state index in [1.165, 1.54) is 0 Å². The number of imidazole rings is 1. The number of fused-ring (bicyclic) bond motifs is 1. The van der Waals surface area contributed by atoms with E-state index in [0.717, 1.165) is 32.6 Å². The van der Waals surface area contributed by atoms with Crippen molar-refractivity contribution in [3.63, 3.8) is 0 Å². The molecule has 3 aromatic rings. The first-order valence-corrected chi connectivity index (χ1v) is 8.17. The van der Waals surface area contributed by atoms with E-state index >= 15 is 0 Å². The second-order valence-electron chi connectivity index (χ2n) is 4.96. The smallest absolute Gasteiger partial charge is 0.132 e. The molecule has 1 aromatic heterocycles. The van der Waals surface area contributed by atoms with Crippen LogP contribution in [0.15, 0.2) is 40.9 Å². The number of nitrogens with zero attached hydrogens (tertiary/aromatic N) is 2. The molecule has 0 N–H and O–H groups in total. The van der Waals surface area contributed by atoms with E-state index in [4.69, 9.17) is 23.2 Å². The molecule has 3 rings (SSSR count). The molecule has 0 bridgehead atoms. The average Bonchev–Trinajstić information content (AvgIpc) is 2.80. The highest BCUT2D eigenvalue weighted by atomic mass is 79.9. The summed E-state index contributed by atoms with van der Waals surface area (Å²) in [4.78, 5) is 4.65. The molecular formula is C16H13BrCl2N2. The molecule has 5 heteroatoms. The van der Waals surface area contributed by atoms with Gasteiger partial charge in [0.25, 0.3) is 0 Å². The number of hydrogen-bond acceptors (Lipinski definition) is 1. The lowest BCUT2D eigenvalue weighted by atomic mass is 10.2. The minimum Gasteiger partial charge on any atom is -0.293 e. The van der Waals surface area contributed by atoms with Crippen LogP contribution in [0, 0.1) is 6.92 Å². The molecule has 0 aliphatic carbocycles. The van der Waals surface area contributed by atoms with Crippen molar-refractivity contribution in [2.24, 2.45) is 0 Å². The molecule has 0 aliphatic heterocycles. The van der Waals surface area contributed by atoms with Crippen LogP contribution in [-0.2, 0) is 0 Å². The molecule has 0 spiro atoms. The standard InChI is InChI=1S/C16H13BrCl2N2/c1-9-8-11(17)6-7-14(9)21-15-12(19)4-3-5-13(15)20-16(21)10(2)18/h3-8,10H,1-2H3. The fourth-order valence-electron chi connectivity index (χ4n) is 2.48. The number of para-hydroxylation sites is 1. The van der Waals surface area contributed by atoms with Gasteiger partial charge in [0.2, 0.25) is 0 Å². The molecule has 108 valence electrons. The predicted molar refractivity (Wildman–Crippen MR) is 92.8 cm³/mol. The first kappa shape index (κ1) is 14.9. The predicted octanol–water partition coefficient (Wildman–Crippen LogP) is 6.05. The van der Waals surface area contributed by atoms with Gasteiger partial charge in [0.15, 0.2) is 0 Å². The van der Waals surface area contributed by atoms with Crippen molar-refractivity contribution in [2.45, 2.75) is 19.2 Å². The summed E-state index contributed by atoms with van der Waals surface area (Å²) in [6, 6.07) is 11.9. The molecule has 1 heterocycles. The van der Waals surface area contributed by atoms with Crippen molar-refractivity contribution in [1.82, 2.24) is 9.55 Å². The van der Waals surface area contributed by atoms with Crippen molar-refractivity contribution >= 4 is 50.2 Å². The maximum absolute atomic E-state index is 6.40. The molecular weight excluding hydrogens is 371 g/mol. The topological polar surface area (TPSA) is 17.8 Å². The van der Waals surface area contributed by atoms with E-state index < -0.39 is 0 Å². The van der Waals surface area contributed by atoms with Crippen molar-refractivity contribution in [1.29, 1.82) is 0 Å². The van der Waals surface area contributed by atoms with E-state index in [2.05, 4.69) is 38.5 Å². The van der Waals surface area contributed by atoms with E-state index in [0.29, 0.717) is 5.02 Å². The Morgan fingerprint density at radius 3 is 2.67 bits per heavy atom. The summed E-state index contributed by atoms with van der Waals surface area (Å²) in [5, 5.41) is 0.461. The van der Waals surface area contributed by atoms with E-state index in [1.54, 1.807) is 0 Å². The van der Waals surface area contributed by atoms with Crippen LogP contribution >= 0.6 is 39.1 Å². The number of halogens is 3. The highest BCUT2D eigenvalue weighted by Gasteiger charge is 2.19. The third-order valence-corrected chi connectivity index (χ3v) is 4.40. The van der Waals surface area contributed by atoms with E-state index in [9.17, 15) is 0 Å². The zero-order valence-electron chi connectivity index (χ0n) is 11.6. The fourth-order valence-corrected chi connectivity index (χ4v) is 3.36. The summed E-state index contributed by atoms with van der Waals surface area (Å²) in [5.74, 6) is 0.796. The Morgan fingerprint density at radius 1 is 1.24 bits per heavy atom. The van der Waals surface area contributed by atoms with Crippen LogP contribution in [0.1, 0.15) is 23.7 Å². The second kappa shape index (κ2) is 5.64. The number of aryl methyl sites for hydroxylation is 1. The van der Waals surface area contributed by atoms with Crippen LogP contribution in [0.5, 0.6) is 0 Å². The van der Waals surface area contributed by atoms with Gasteiger partial charge in [0.05, 0.1) is 27.1 Å². The first-order valence-electron chi connectivity index (χ1n) is 6.56. The summed E-state index contributed by atoms with van der Waals surface area (Å²) < 4.78 is 3.09. The molecule has 0 aliphatic rings. The van der Waals surface area contributed by atoms with Gasteiger partial charge in [-0.2, -0.15) is 0 Å². The average molecular weight is 384 g/mol. The number of alkyl halides is 1. The van der Waals surface area contributed by atoms with Gasteiger partial charge in [-0.15, -0.1) is 11.6 Å². The number of rotatable bonds is 2. The number of aromatic nitrogens is 2. The number of hydrogen-bond donors (Lipinski definition) is 0. The fraction of sp³-hybridized carbons (Fsp3) is 0.188. The minimum absolute atomic E-state index is 0.212. The Morgan fingerprint density at radius 2 is 2.00 bits per heavy atom. The van der Waals surface area contributed by atoms with Crippen LogP contribution in [0.3, 0.4) is 0 Å². The van der Waals surface area contributed by atoms with Gasteiger partial charge in [-0.05, 0) is 49.7 Å². The molecule has 0 radical (unpaired) electrons. The molecule has 2 aromatic carbocycles. The maximum atomic E-state index is 6.40. The van der Waals surface area contributed by atoms with Gasteiger partial charge in [0, 0.05) is 4.47 Å². The molecule has 0 saturated carbocycles. The summed E-state index contributed by atoms with van der Waals surface area (Å²) in [5.41, 5.74) is 3.91. The second-order valence-corrected chi connectivity index (χ2v) is 6.94. The molecule has 0 amide bonds. The van der Waals surface area contributed by atoms with Gasteiger partial charge in [-0.25, -0.2) is 4.98 Å². The Labute approximate surface area is 141 Å². The van der Waals surface area contributed by atoms with Crippen molar-refractivity contribution in [3.05, 3.63) is 57.3 Å². The van der Waals surface area contributed by atoms with Gasteiger partial charge < -0.3 is 0 Å². The molecule has 1 atom stereocenters. The van der Waals surface area contributed by atoms with Crippen LogP contribution < -0.4 is 0 Å². The SMILES string of the molecule is Cc1cc(Br)ccc1-n1c(C(C)Cl)nc2cccc(Cl)c21. The Hall–Kier alpha value is -1.03. The van der Waals surface area contributed by atoms with Crippen molar-refractivity contribution in [2.75, 3.05) is 0 Å². The van der Waals surface area contributed by atoms with Crippen molar-refractivity contribution < 1.29 is 0 Å². The molecule has 1 unspecified atom stereocenters. The van der Waals surface area contributed by atoms with Crippen LogP contribution in [0.25, 0.3) is 16.7 Å². The Bertz CT molecular complexity index is 825. The van der Waals surface area contributed by atoms with Crippen LogP contribution in [-0.4, -0.2) is 9.55 Å². The quantitative estimate of drug-likeness (QED) is 0.492.